The molecule has 0 aromatic heterocycles. The predicted octanol–water partition coefficient (Wildman–Crippen LogP) is 3.41. The van der Waals surface area contributed by atoms with E-state index in [1.54, 1.807) is 0 Å². The maximum Gasteiger partial charge on any atom is 0.194 e. The monoisotopic (exact) mass is 415 g/mol. The van der Waals surface area contributed by atoms with Crippen molar-refractivity contribution in [2.45, 2.75) is 44.8 Å². The SMILES string of the molecule is CN1CCN=C1NCc1ccc(OC2CCCCC2)cc1.I. The summed E-state index contributed by atoms with van der Waals surface area (Å²) in [4.78, 5) is 6.59. The van der Waals surface area contributed by atoms with Gasteiger partial charge in [-0.3, -0.25) is 4.99 Å². The summed E-state index contributed by atoms with van der Waals surface area (Å²) in [6.07, 6.45) is 6.81. The molecule has 4 nitrogen and oxygen atoms in total. The van der Waals surface area contributed by atoms with Crippen molar-refractivity contribution in [1.82, 2.24) is 10.2 Å². The molecule has 1 N–H and O–H groups in total. The molecule has 22 heavy (non-hydrogen) atoms. The molecule has 3 rings (SSSR count). The smallest absolute Gasteiger partial charge is 0.194 e. The summed E-state index contributed by atoms with van der Waals surface area (Å²) in [6.45, 7) is 2.72. The Hall–Kier alpha value is -0.980. The van der Waals surface area contributed by atoms with Crippen LogP contribution in [-0.2, 0) is 6.54 Å². The first kappa shape index (κ1) is 17.4. The first-order chi connectivity index (χ1) is 10.3. The molecule has 0 bridgehead atoms. The second-order valence-electron chi connectivity index (χ2n) is 6.00. The molecular formula is C17H26IN3O. The Balaban J connectivity index is 0.00000176. The fourth-order valence-corrected chi connectivity index (χ4v) is 2.97. The van der Waals surface area contributed by atoms with Gasteiger partial charge in [-0.25, -0.2) is 0 Å². The van der Waals surface area contributed by atoms with Crippen LogP contribution in [-0.4, -0.2) is 37.1 Å². The van der Waals surface area contributed by atoms with Crippen LogP contribution in [0.25, 0.3) is 0 Å². The van der Waals surface area contributed by atoms with E-state index in [0.717, 1.165) is 31.3 Å². The van der Waals surface area contributed by atoms with Crippen molar-refractivity contribution in [3.8, 4) is 5.75 Å². The summed E-state index contributed by atoms with van der Waals surface area (Å²) >= 11 is 0. The van der Waals surface area contributed by atoms with Gasteiger partial charge in [0.25, 0.3) is 0 Å². The molecule has 1 aliphatic heterocycles. The molecule has 0 saturated heterocycles. The van der Waals surface area contributed by atoms with E-state index in [-0.39, 0.29) is 24.0 Å². The molecule has 1 heterocycles. The molecule has 0 atom stereocenters. The largest absolute Gasteiger partial charge is 0.490 e. The number of nitrogens with one attached hydrogen (secondary N) is 1. The standard InChI is InChI=1S/C17H25N3O.HI/c1-20-12-11-18-17(20)19-13-14-7-9-16(10-8-14)21-15-5-3-2-4-6-15;/h7-10,15H,2-6,11-13H2,1H3,(H,18,19);1H. The number of likely N-dealkylation sites (N-methyl/N-ethyl adjacent to an activating group) is 1. The predicted molar refractivity (Wildman–Crippen MR) is 101 cm³/mol. The van der Waals surface area contributed by atoms with Crippen LogP contribution in [0.15, 0.2) is 29.3 Å². The Morgan fingerprint density at radius 1 is 1.18 bits per heavy atom. The molecule has 122 valence electrons. The molecule has 2 aliphatic rings. The van der Waals surface area contributed by atoms with Crippen molar-refractivity contribution < 1.29 is 4.74 Å². The van der Waals surface area contributed by atoms with Gasteiger partial charge in [-0.05, 0) is 43.4 Å². The summed E-state index contributed by atoms with van der Waals surface area (Å²) in [7, 11) is 2.07. The molecule has 1 saturated carbocycles. The van der Waals surface area contributed by atoms with Crippen LogP contribution < -0.4 is 10.1 Å². The molecule has 0 unspecified atom stereocenters. The number of rotatable bonds is 4. The van der Waals surface area contributed by atoms with Crippen LogP contribution in [0, 0.1) is 0 Å². The highest BCUT2D eigenvalue weighted by atomic mass is 127. The van der Waals surface area contributed by atoms with Crippen LogP contribution in [0.5, 0.6) is 5.75 Å². The van der Waals surface area contributed by atoms with Gasteiger partial charge in [0.05, 0.1) is 12.6 Å². The summed E-state index contributed by atoms with van der Waals surface area (Å²) in [5.41, 5.74) is 1.26. The molecule has 5 heteroatoms. The summed E-state index contributed by atoms with van der Waals surface area (Å²) < 4.78 is 6.05. The third-order valence-electron chi connectivity index (χ3n) is 4.29. The third-order valence-corrected chi connectivity index (χ3v) is 4.29. The van der Waals surface area contributed by atoms with Crippen molar-refractivity contribution >= 4 is 29.9 Å². The van der Waals surface area contributed by atoms with E-state index < -0.39 is 0 Å². The van der Waals surface area contributed by atoms with Crippen LogP contribution in [0.2, 0.25) is 0 Å². The van der Waals surface area contributed by atoms with Gasteiger partial charge in [-0.15, -0.1) is 24.0 Å². The topological polar surface area (TPSA) is 36.9 Å². The lowest BCUT2D eigenvalue weighted by molar-refractivity contribution is 0.155. The first-order valence-corrected chi connectivity index (χ1v) is 8.06. The van der Waals surface area contributed by atoms with Crippen molar-refractivity contribution in [3.63, 3.8) is 0 Å². The maximum absolute atomic E-state index is 6.05. The van der Waals surface area contributed by atoms with Gasteiger partial charge in [0.2, 0.25) is 0 Å². The van der Waals surface area contributed by atoms with Gasteiger partial charge in [-0.2, -0.15) is 0 Å². The van der Waals surface area contributed by atoms with E-state index >= 15 is 0 Å². The molecule has 0 amide bonds. The third kappa shape index (κ3) is 4.76. The molecule has 0 radical (unpaired) electrons. The Morgan fingerprint density at radius 2 is 1.91 bits per heavy atom. The second-order valence-corrected chi connectivity index (χ2v) is 6.00. The molecular weight excluding hydrogens is 389 g/mol. The van der Waals surface area contributed by atoms with E-state index in [2.05, 4.69) is 46.5 Å². The van der Waals surface area contributed by atoms with E-state index in [4.69, 9.17) is 4.74 Å². The maximum atomic E-state index is 6.05. The van der Waals surface area contributed by atoms with Gasteiger partial charge in [0.1, 0.15) is 5.75 Å². The quantitative estimate of drug-likeness (QED) is 0.766. The number of halogens is 1. The lowest BCUT2D eigenvalue weighted by Gasteiger charge is -2.23. The fraction of sp³-hybridized carbons (Fsp3) is 0.588. The average Bonchev–Trinajstić information content (AvgIpc) is 2.93. The number of guanidine groups is 1. The lowest BCUT2D eigenvalue weighted by Crippen LogP contribution is -2.35. The number of ether oxygens (including phenoxy) is 1. The van der Waals surface area contributed by atoms with Crippen LogP contribution in [0.3, 0.4) is 0 Å². The highest BCUT2D eigenvalue weighted by molar-refractivity contribution is 14.0. The van der Waals surface area contributed by atoms with Gasteiger partial charge in [-0.1, -0.05) is 18.6 Å². The molecule has 1 aliphatic carbocycles. The van der Waals surface area contributed by atoms with Crippen molar-refractivity contribution in [3.05, 3.63) is 29.8 Å². The number of benzene rings is 1. The van der Waals surface area contributed by atoms with Crippen LogP contribution in [0.4, 0.5) is 0 Å². The lowest BCUT2D eigenvalue weighted by atomic mass is 9.98. The average molecular weight is 415 g/mol. The van der Waals surface area contributed by atoms with Crippen molar-refractivity contribution in [2.24, 2.45) is 4.99 Å². The zero-order valence-electron chi connectivity index (χ0n) is 13.3. The Kier molecular flexibility index (Phi) is 6.79. The number of nitrogens with zero attached hydrogens (tertiary/aromatic N) is 2. The highest BCUT2D eigenvalue weighted by Gasteiger charge is 2.15. The fourth-order valence-electron chi connectivity index (χ4n) is 2.97. The van der Waals surface area contributed by atoms with E-state index in [1.807, 2.05) is 0 Å². The van der Waals surface area contributed by atoms with Crippen molar-refractivity contribution in [2.75, 3.05) is 20.1 Å². The minimum atomic E-state index is 0. The highest BCUT2D eigenvalue weighted by Crippen LogP contribution is 2.23. The molecule has 1 aromatic rings. The first-order valence-electron chi connectivity index (χ1n) is 8.06. The number of hydrogen-bond donors (Lipinski definition) is 1. The number of hydrogen-bond acceptors (Lipinski definition) is 4. The van der Waals surface area contributed by atoms with E-state index in [1.165, 1.54) is 37.7 Å². The van der Waals surface area contributed by atoms with E-state index in [0.29, 0.717) is 6.10 Å². The molecule has 1 fully saturated rings. The minimum Gasteiger partial charge on any atom is -0.490 e. The van der Waals surface area contributed by atoms with Crippen LogP contribution >= 0.6 is 24.0 Å². The van der Waals surface area contributed by atoms with Gasteiger partial charge < -0.3 is 15.0 Å². The Labute approximate surface area is 150 Å². The second kappa shape index (κ2) is 8.60. The van der Waals surface area contributed by atoms with E-state index in [9.17, 15) is 0 Å². The molecule has 1 aromatic carbocycles. The summed E-state index contributed by atoms with van der Waals surface area (Å²) in [6, 6.07) is 8.46. The summed E-state index contributed by atoms with van der Waals surface area (Å²) in [5, 5.41) is 3.38. The van der Waals surface area contributed by atoms with Crippen molar-refractivity contribution in [1.29, 1.82) is 0 Å². The van der Waals surface area contributed by atoms with Gasteiger partial charge in [0.15, 0.2) is 5.96 Å². The number of aliphatic imine (C=N–C) groups is 1. The zero-order chi connectivity index (χ0) is 14.5. The molecule has 0 spiro atoms. The zero-order valence-corrected chi connectivity index (χ0v) is 15.6. The van der Waals surface area contributed by atoms with Gasteiger partial charge in [0, 0.05) is 20.1 Å². The van der Waals surface area contributed by atoms with Crippen LogP contribution in [0.1, 0.15) is 37.7 Å². The summed E-state index contributed by atoms with van der Waals surface area (Å²) in [5.74, 6) is 2.00. The Bertz CT molecular complexity index is 483. The van der Waals surface area contributed by atoms with Gasteiger partial charge >= 0.3 is 0 Å². The normalized spacial score (nSPS) is 18.6. The minimum absolute atomic E-state index is 0. The Morgan fingerprint density at radius 3 is 2.55 bits per heavy atom.